The summed E-state index contributed by atoms with van der Waals surface area (Å²) in [4.78, 5) is 0. The molecule has 0 bridgehead atoms. The summed E-state index contributed by atoms with van der Waals surface area (Å²) in [5, 5.41) is 29.0. The monoisotopic (exact) mass is 238 g/mol. The van der Waals surface area contributed by atoms with Crippen molar-refractivity contribution in [3.8, 4) is 11.5 Å². The molecule has 2 atom stereocenters. The molecule has 17 heavy (non-hydrogen) atoms. The minimum Gasteiger partial charge on any atom is -0.504 e. The van der Waals surface area contributed by atoms with E-state index in [1.54, 1.807) is 6.07 Å². The summed E-state index contributed by atoms with van der Waals surface area (Å²) >= 11 is 0. The summed E-state index contributed by atoms with van der Waals surface area (Å²) in [5.74, 6) is -0.249. The van der Waals surface area contributed by atoms with Crippen molar-refractivity contribution in [2.45, 2.75) is 40.2 Å². The van der Waals surface area contributed by atoms with Crippen LogP contribution in [0.1, 0.15) is 45.8 Å². The van der Waals surface area contributed by atoms with Gasteiger partial charge < -0.3 is 15.3 Å². The Morgan fingerprint density at radius 2 is 1.71 bits per heavy atom. The summed E-state index contributed by atoms with van der Waals surface area (Å²) in [6.07, 6.45) is 0.221. The van der Waals surface area contributed by atoms with Crippen LogP contribution in [-0.2, 0) is 0 Å². The van der Waals surface area contributed by atoms with Gasteiger partial charge in [0.1, 0.15) is 0 Å². The Balaban J connectivity index is 3.02. The molecule has 3 N–H and O–H groups in total. The van der Waals surface area contributed by atoms with Gasteiger partial charge in [-0.3, -0.25) is 0 Å². The summed E-state index contributed by atoms with van der Waals surface area (Å²) in [7, 11) is 0. The lowest BCUT2D eigenvalue weighted by molar-refractivity contribution is 0.0390. The number of aromatic hydroxyl groups is 2. The van der Waals surface area contributed by atoms with Gasteiger partial charge in [0.25, 0.3) is 0 Å². The van der Waals surface area contributed by atoms with Crippen LogP contribution in [0.15, 0.2) is 18.2 Å². The first-order valence-electron chi connectivity index (χ1n) is 5.97. The molecule has 96 valence electrons. The van der Waals surface area contributed by atoms with E-state index in [9.17, 15) is 15.3 Å². The first-order chi connectivity index (χ1) is 7.77. The second-order valence-corrected chi connectivity index (χ2v) is 5.57. The van der Waals surface area contributed by atoms with Crippen LogP contribution >= 0.6 is 0 Å². The molecule has 0 heterocycles. The second kappa shape index (κ2) is 4.96. The summed E-state index contributed by atoms with van der Waals surface area (Å²) in [5.41, 5.74) is 0.629. The van der Waals surface area contributed by atoms with E-state index in [0.29, 0.717) is 5.56 Å². The fourth-order valence-corrected chi connectivity index (χ4v) is 2.27. The molecular weight excluding hydrogens is 216 g/mol. The van der Waals surface area contributed by atoms with Crippen molar-refractivity contribution in [1.29, 1.82) is 0 Å². The van der Waals surface area contributed by atoms with E-state index in [4.69, 9.17) is 0 Å². The first-order valence-corrected chi connectivity index (χ1v) is 5.97. The molecule has 3 nitrogen and oxygen atoms in total. The molecule has 0 aliphatic heterocycles. The molecule has 0 aromatic heterocycles. The quantitative estimate of drug-likeness (QED) is 0.709. The maximum Gasteiger partial charge on any atom is 0.157 e. The first kappa shape index (κ1) is 13.8. The smallest absolute Gasteiger partial charge is 0.157 e. The van der Waals surface area contributed by atoms with E-state index < -0.39 is 6.10 Å². The average molecular weight is 238 g/mol. The molecule has 1 rings (SSSR count). The molecule has 0 saturated carbocycles. The van der Waals surface area contributed by atoms with Crippen molar-refractivity contribution < 1.29 is 15.3 Å². The molecule has 0 fully saturated rings. The van der Waals surface area contributed by atoms with Gasteiger partial charge in [0, 0.05) is 0 Å². The predicted octanol–water partition coefficient (Wildman–Crippen LogP) is 3.20. The number of benzene rings is 1. The van der Waals surface area contributed by atoms with E-state index >= 15 is 0 Å². The highest BCUT2D eigenvalue weighted by Gasteiger charge is 2.30. The summed E-state index contributed by atoms with van der Waals surface area (Å²) in [6.45, 7) is 8.30. The third-order valence-corrected chi connectivity index (χ3v) is 3.27. The second-order valence-electron chi connectivity index (χ2n) is 5.57. The standard InChI is InChI=1S/C14H22O3/c1-5-10(14(2,3)4)13(17)9-6-7-11(15)12(16)8-9/h6-8,10,13,15-17H,5H2,1-4H3. The van der Waals surface area contributed by atoms with Crippen molar-refractivity contribution in [2.24, 2.45) is 11.3 Å². The minimum absolute atomic E-state index is 0.0122. The zero-order valence-electron chi connectivity index (χ0n) is 10.9. The van der Waals surface area contributed by atoms with E-state index in [-0.39, 0.29) is 22.8 Å². The van der Waals surface area contributed by atoms with Gasteiger partial charge in [-0.15, -0.1) is 0 Å². The molecule has 2 unspecified atom stereocenters. The zero-order valence-corrected chi connectivity index (χ0v) is 10.9. The van der Waals surface area contributed by atoms with Crippen molar-refractivity contribution in [2.75, 3.05) is 0 Å². The van der Waals surface area contributed by atoms with Gasteiger partial charge in [-0.2, -0.15) is 0 Å². The van der Waals surface area contributed by atoms with Crippen molar-refractivity contribution in [3.63, 3.8) is 0 Å². The van der Waals surface area contributed by atoms with Crippen LogP contribution < -0.4 is 0 Å². The number of hydrogen-bond acceptors (Lipinski definition) is 3. The van der Waals surface area contributed by atoms with Crippen molar-refractivity contribution >= 4 is 0 Å². The van der Waals surface area contributed by atoms with Crippen LogP contribution in [0.3, 0.4) is 0 Å². The number of aliphatic hydroxyl groups excluding tert-OH is 1. The third-order valence-electron chi connectivity index (χ3n) is 3.27. The van der Waals surface area contributed by atoms with E-state index in [2.05, 4.69) is 20.8 Å². The lowest BCUT2D eigenvalue weighted by atomic mass is 9.74. The maximum absolute atomic E-state index is 10.3. The van der Waals surface area contributed by atoms with Crippen molar-refractivity contribution in [3.05, 3.63) is 23.8 Å². The van der Waals surface area contributed by atoms with Crippen LogP contribution in [0.5, 0.6) is 11.5 Å². The van der Waals surface area contributed by atoms with Gasteiger partial charge in [-0.1, -0.05) is 40.2 Å². The molecule has 0 aliphatic carbocycles. The predicted molar refractivity (Wildman–Crippen MR) is 68.0 cm³/mol. The van der Waals surface area contributed by atoms with Crippen LogP contribution in [-0.4, -0.2) is 15.3 Å². The molecule has 3 heteroatoms. The van der Waals surface area contributed by atoms with Gasteiger partial charge in [-0.05, 0) is 29.0 Å². The van der Waals surface area contributed by atoms with Gasteiger partial charge in [0.2, 0.25) is 0 Å². The number of phenols is 2. The Labute approximate surface area is 103 Å². The lowest BCUT2D eigenvalue weighted by Crippen LogP contribution is -2.26. The SMILES string of the molecule is CCC(C(O)c1ccc(O)c(O)c1)C(C)(C)C. The van der Waals surface area contributed by atoms with E-state index in [0.717, 1.165) is 6.42 Å². The largest absolute Gasteiger partial charge is 0.504 e. The number of phenolic OH excluding ortho intramolecular Hbond substituents is 2. The topological polar surface area (TPSA) is 60.7 Å². The molecule has 0 spiro atoms. The zero-order chi connectivity index (χ0) is 13.2. The fourth-order valence-electron chi connectivity index (χ4n) is 2.27. The van der Waals surface area contributed by atoms with E-state index in [1.807, 2.05) is 6.92 Å². The third kappa shape index (κ3) is 3.13. The van der Waals surface area contributed by atoms with Crippen LogP contribution in [0.2, 0.25) is 0 Å². The van der Waals surface area contributed by atoms with Gasteiger partial charge >= 0.3 is 0 Å². The summed E-state index contributed by atoms with van der Waals surface area (Å²) < 4.78 is 0. The number of aliphatic hydroxyl groups is 1. The Morgan fingerprint density at radius 1 is 1.12 bits per heavy atom. The highest BCUT2D eigenvalue weighted by molar-refractivity contribution is 5.41. The molecule has 0 saturated heterocycles. The Kier molecular flexibility index (Phi) is 4.04. The summed E-state index contributed by atoms with van der Waals surface area (Å²) in [6, 6.07) is 4.48. The molecule has 1 aromatic rings. The molecule has 0 amide bonds. The van der Waals surface area contributed by atoms with Crippen LogP contribution in [0.4, 0.5) is 0 Å². The van der Waals surface area contributed by atoms with Gasteiger partial charge in [-0.25, -0.2) is 0 Å². The molecule has 0 aliphatic rings. The number of hydrogen-bond donors (Lipinski definition) is 3. The average Bonchev–Trinajstić information content (AvgIpc) is 2.20. The number of rotatable bonds is 3. The van der Waals surface area contributed by atoms with Crippen molar-refractivity contribution in [1.82, 2.24) is 0 Å². The Hall–Kier alpha value is -1.22. The Morgan fingerprint density at radius 3 is 2.12 bits per heavy atom. The lowest BCUT2D eigenvalue weighted by Gasteiger charge is -2.34. The normalized spacial score (nSPS) is 15.6. The van der Waals surface area contributed by atoms with Crippen LogP contribution in [0.25, 0.3) is 0 Å². The molecule has 1 aromatic carbocycles. The maximum atomic E-state index is 10.3. The minimum atomic E-state index is -0.633. The molecular formula is C14H22O3. The van der Waals surface area contributed by atoms with Gasteiger partial charge in [0.05, 0.1) is 6.10 Å². The highest BCUT2D eigenvalue weighted by Crippen LogP contribution is 2.40. The van der Waals surface area contributed by atoms with Gasteiger partial charge in [0.15, 0.2) is 11.5 Å². The highest BCUT2D eigenvalue weighted by atomic mass is 16.3. The van der Waals surface area contributed by atoms with E-state index in [1.165, 1.54) is 12.1 Å². The van der Waals surface area contributed by atoms with Crippen LogP contribution in [0, 0.1) is 11.3 Å². The Bertz CT molecular complexity index is 380. The molecule has 0 radical (unpaired) electrons. The fraction of sp³-hybridized carbons (Fsp3) is 0.571.